The molecule has 1 amide bonds. The predicted octanol–water partition coefficient (Wildman–Crippen LogP) is 4.88. The summed E-state index contributed by atoms with van der Waals surface area (Å²) >= 11 is 0. The first-order valence-electron chi connectivity index (χ1n) is 11.7. The van der Waals surface area contributed by atoms with Gasteiger partial charge in [0.15, 0.2) is 0 Å². The average molecular weight is 536 g/mol. The second-order valence-corrected chi connectivity index (χ2v) is 12.4. The monoisotopic (exact) mass is 535 g/mol. The van der Waals surface area contributed by atoms with Gasteiger partial charge in [0.2, 0.25) is 5.91 Å². The Labute approximate surface area is 216 Å². The van der Waals surface area contributed by atoms with Gasteiger partial charge in [0.25, 0.3) is 20.0 Å². The van der Waals surface area contributed by atoms with Crippen LogP contribution in [0.4, 0.5) is 17.1 Å². The Hall–Kier alpha value is -3.89. The van der Waals surface area contributed by atoms with Crippen molar-refractivity contribution in [3.05, 3.63) is 90.5 Å². The van der Waals surface area contributed by atoms with E-state index in [-0.39, 0.29) is 28.7 Å². The summed E-state index contributed by atoms with van der Waals surface area (Å²) in [5.74, 6) is -0.291. The van der Waals surface area contributed by atoms with Crippen LogP contribution in [-0.2, 0) is 24.8 Å². The molecule has 10 heteroatoms. The zero-order chi connectivity index (χ0) is 26.2. The summed E-state index contributed by atoms with van der Waals surface area (Å²) in [5, 5.41) is 4.31. The first kappa shape index (κ1) is 24.8. The van der Waals surface area contributed by atoms with Crippen molar-refractivity contribution in [2.75, 3.05) is 20.9 Å². The number of carbonyl (C=O) groups excluding carboxylic acids is 1. The third-order valence-electron chi connectivity index (χ3n) is 6.16. The molecule has 8 nitrogen and oxygen atoms in total. The minimum absolute atomic E-state index is 0.0694. The third kappa shape index (κ3) is 4.90. The zero-order valence-electron chi connectivity index (χ0n) is 20.0. The van der Waals surface area contributed by atoms with Crippen molar-refractivity contribution in [1.82, 2.24) is 0 Å². The highest BCUT2D eigenvalue weighted by Crippen LogP contribution is 2.42. The van der Waals surface area contributed by atoms with Crippen LogP contribution in [0.15, 0.2) is 94.7 Å². The molecule has 1 aliphatic rings. The van der Waals surface area contributed by atoms with E-state index in [2.05, 4.69) is 10.0 Å². The van der Waals surface area contributed by atoms with Gasteiger partial charge in [0, 0.05) is 29.7 Å². The molecule has 0 spiro atoms. The van der Waals surface area contributed by atoms with Crippen molar-refractivity contribution in [3.8, 4) is 0 Å². The Balaban J connectivity index is 1.19. The molecule has 0 aliphatic carbocycles. The van der Waals surface area contributed by atoms with Crippen LogP contribution in [0.3, 0.4) is 0 Å². The first-order valence-corrected chi connectivity index (χ1v) is 14.6. The van der Waals surface area contributed by atoms with Crippen LogP contribution < -0.4 is 14.3 Å². The number of sulfonamides is 2. The fraction of sp³-hybridized carbons (Fsp3) is 0.148. The Kier molecular flexibility index (Phi) is 6.38. The van der Waals surface area contributed by atoms with E-state index in [4.69, 9.17) is 0 Å². The minimum Gasteiger partial charge on any atom is -0.326 e. The van der Waals surface area contributed by atoms with Crippen molar-refractivity contribution < 1.29 is 21.6 Å². The molecule has 37 heavy (non-hydrogen) atoms. The second kappa shape index (κ2) is 9.53. The van der Waals surface area contributed by atoms with Crippen molar-refractivity contribution >= 4 is 53.8 Å². The molecule has 2 N–H and O–H groups in total. The van der Waals surface area contributed by atoms with Crippen LogP contribution in [0.2, 0.25) is 0 Å². The highest BCUT2D eigenvalue weighted by Gasteiger charge is 2.35. The van der Waals surface area contributed by atoms with E-state index in [0.717, 1.165) is 10.9 Å². The van der Waals surface area contributed by atoms with E-state index in [9.17, 15) is 21.6 Å². The molecule has 0 atom stereocenters. The number of hydrogen-bond acceptors (Lipinski definition) is 5. The topological polar surface area (TPSA) is 113 Å². The van der Waals surface area contributed by atoms with Crippen molar-refractivity contribution in [1.29, 1.82) is 0 Å². The van der Waals surface area contributed by atoms with E-state index in [1.807, 2.05) is 31.2 Å². The predicted molar refractivity (Wildman–Crippen MR) is 145 cm³/mol. The standard InChI is InChI=1S/C27H25N3O5S2/c1-19-6-2-9-22(18-19)29-36(32,33)23-15-13-21(14-16-23)28-26(31)12-5-17-30-24-10-3-7-20-8-4-11-25(27(20)24)37(30,34)35/h2-4,6-11,13-16,18,29H,5,12,17H2,1H3,(H,28,31). The van der Waals surface area contributed by atoms with Gasteiger partial charge in [-0.25, -0.2) is 16.8 Å². The molecular weight excluding hydrogens is 510 g/mol. The van der Waals surface area contributed by atoms with Crippen LogP contribution in [0, 0.1) is 6.92 Å². The number of amides is 1. The van der Waals surface area contributed by atoms with E-state index >= 15 is 0 Å². The lowest BCUT2D eigenvalue weighted by Gasteiger charge is -2.18. The smallest absolute Gasteiger partial charge is 0.265 e. The van der Waals surface area contributed by atoms with E-state index in [0.29, 0.717) is 28.9 Å². The van der Waals surface area contributed by atoms with Gasteiger partial charge in [-0.2, -0.15) is 0 Å². The molecule has 1 heterocycles. The number of rotatable bonds is 8. The molecule has 190 valence electrons. The zero-order valence-corrected chi connectivity index (χ0v) is 21.6. The summed E-state index contributed by atoms with van der Waals surface area (Å²) in [4.78, 5) is 12.9. The molecular formula is C27H25N3O5S2. The molecule has 4 aromatic carbocycles. The number of anilines is 3. The van der Waals surface area contributed by atoms with Crippen LogP contribution in [0.5, 0.6) is 0 Å². The van der Waals surface area contributed by atoms with Gasteiger partial charge in [-0.1, -0.05) is 36.4 Å². The average Bonchev–Trinajstić information content (AvgIpc) is 3.07. The summed E-state index contributed by atoms with van der Waals surface area (Å²) in [6, 6.07) is 23.6. The Morgan fingerprint density at radius 1 is 0.892 bits per heavy atom. The maximum atomic E-state index is 13.0. The highest BCUT2D eigenvalue weighted by atomic mass is 32.2. The second-order valence-electron chi connectivity index (χ2n) is 8.86. The van der Waals surface area contributed by atoms with Crippen molar-refractivity contribution in [2.24, 2.45) is 0 Å². The lowest BCUT2D eigenvalue weighted by atomic mass is 10.1. The normalized spacial score (nSPS) is 14.0. The summed E-state index contributed by atoms with van der Waals surface area (Å²) < 4.78 is 55.3. The minimum atomic E-state index is -3.77. The van der Waals surface area contributed by atoms with Crippen LogP contribution >= 0.6 is 0 Å². The summed E-state index contributed by atoms with van der Waals surface area (Å²) in [6.07, 6.45) is 0.426. The number of carbonyl (C=O) groups is 1. The van der Waals surface area contributed by atoms with Gasteiger partial charge in [-0.3, -0.25) is 13.8 Å². The maximum absolute atomic E-state index is 13.0. The summed E-state index contributed by atoms with van der Waals surface area (Å²) in [7, 11) is -7.43. The fourth-order valence-electron chi connectivity index (χ4n) is 4.45. The summed E-state index contributed by atoms with van der Waals surface area (Å²) in [5.41, 5.74) is 2.48. The number of nitrogens with one attached hydrogen (secondary N) is 2. The number of aryl methyl sites for hydroxylation is 1. The van der Waals surface area contributed by atoms with Crippen LogP contribution in [0.25, 0.3) is 10.8 Å². The highest BCUT2D eigenvalue weighted by molar-refractivity contribution is 7.93. The molecule has 0 fully saturated rings. The Bertz CT molecular complexity index is 1710. The largest absolute Gasteiger partial charge is 0.326 e. The van der Waals surface area contributed by atoms with Gasteiger partial charge in [-0.15, -0.1) is 0 Å². The molecule has 0 saturated carbocycles. The quantitative estimate of drug-likeness (QED) is 0.334. The van der Waals surface area contributed by atoms with Gasteiger partial charge in [0.05, 0.1) is 15.5 Å². The number of nitrogens with zero attached hydrogens (tertiary/aromatic N) is 1. The van der Waals surface area contributed by atoms with Crippen molar-refractivity contribution in [2.45, 2.75) is 29.6 Å². The van der Waals surface area contributed by atoms with Gasteiger partial charge < -0.3 is 5.32 Å². The lowest BCUT2D eigenvalue weighted by Crippen LogP contribution is -2.28. The van der Waals surface area contributed by atoms with E-state index in [1.54, 1.807) is 36.4 Å². The van der Waals surface area contributed by atoms with Crippen LogP contribution in [0.1, 0.15) is 18.4 Å². The maximum Gasteiger partial charge on any atom is 0.265 e. The first-order chi connectivity index (χ1) is 17.6. The SMILES string of the molecule is Cc1cccc(NS(=O)(=O)c2ccc(NC(=O)CCCN3c4cccc5cccc(c45)S3(=O)=O)cc2)c1. The molecule has 4 aromatic rings. The van der Waals surface area contributed by atoms with Gasteiger partial charge in [-0.05, 0) is 72.8 Å². The van der Waals surface area contributed by atoms with Gasteiger partial charge >= 0.3 is 0 Å². The third-order valence-corrected chi connectivity index (χ3v) is 9.42. The number of benzene rings is 4. The molecule has 5 rings (SSSR count). The molecule has 0 aromatic heterocycles. The molecule has 1 aliphatic heterocycles. The van der Waals surface area contributed by atoms with Crippen LogP contribution in [-0.4, -0.2) is 29.3 Å². The Morgan fingerprint density at radius 2 is 1.59 bits per heavy atom. The van der Waals surface area contributed by atoms with E-state index in [1.165, 1.54) is 28.6 Å². The van der Waals surface area contributed by atoms with E-state index < -0.39 is 20.0 Å². The molecule has 0 saturated heterocycles. The van der Waals surface area contributed by atoms with Gasteiger partial charge in [0.1, 0.15) is 0 Å². The summed E-state index contributed by atoms with van der Waals surface area (Å²) in [6.45, 7) is 2.05. The fourth-order valence-corrected chi connectivity index (χ4v) is 7.24. The lowest BCUT2D eigenvalue weighted by molar-refractivity contribution is -0.116. The molecule has 0 bridgehead atoms. The molecule has 0 radical (unpaired) electrons. The van der Waals surface area contributed by atoms with Crippen molar-refractivity contribution in [3.63, 3.8) is 0 Å². The number of hydrogen-bond donors (Lipinski definition) is 2. The molecule has 0 unspecified atom stereocenters. The Morgan fingerprint density at radius 3 is 2.32 bits per heavy atom.